The first-order valence-corrected chi connectivity index (χ1v) is 14.6. The first kappa shape index (κ1) is 28.0. The van der Waals surface area contributed by atoms with Crippen LogP contribution in [0.5, 0.6) is 0 Å². The van der Waals surface area contributed by atoms with Gasteiger partial charge in [0.1, 0.15) is 19.8 Å². The summed E-state index contributed by atoms with van der Waals surface area (Å²) in [5.74, 6) is -1.19. The zero-order valence-corrected chi connectivity index (χ0v) is 23.9. The van der Waals surface area contributed by atoms with E-state index in [9.17, 15) is 19.0 Å². The Morgan fingerprint density at radius 3 is 2.00 bits per heavy atom. The van der Waals surface area contributed by atoms with E-state index in [-0.39, 0.29) is 32.5 Å². The Morgan fingerprint density at radius 2 is 1.44 bits per heavy atom. The Labute approximate surface area is 225 Å². The lowest BCUT2D eigenvalue weighted by atomic mass is 10.0. The number of hydrogen-bond acceptors (Lipinski definition) is 8. The zero-order chi connectivity index (χ0) is 30.9. The van der Waals surface area contributed by atoms with Gasteiger partial charge in [0.2, 0.25) is 0 Å². The van der Waals surface area contributed by atoms with Gasteiger partial charge in [0.05, 0.1) is 27.7 Å². The van der Waals surface area contributed by atoms with Crippen LogP contribution >= 0.6 is 7.82 Å². The van der Waals surface area contributed by atoms with Gasteiger partial charge in [0, 0.05) is 18.8 Å². The molecule has 0 N–H and O–H groups in total. The van der Waals surface area contributed by atoms with Gasteiger partial charge in [-0.3, -0.25) is 14.2 Å². The van der Waals surface area contributed by atoms with E-state index >= 15 is 0 Å². The van der Waals surface area contributed by atoms with Crippen molar-refractivity contribution < 1.29 is 47.5 Å². The van der Waals surface area contributed by atoms with Crippen molar-refractivity contribution in [1.29, 1.82) is 0 Å². The van der Waals surface area contributed by atoms with Crippen molar-refractivity contribution in [2.75, 3.05) is 47.5 Å². The van der Waals surface area contributed by atoms with Crippen LogP contribution in [0.1, 0.15) is 109 Å². The average molecular weight is 546 g/mol. The third kappa shape index (κ3) is 24.7. The molecule has 0 aliphatic rings. The van der Waals surface area contributed by atoms with E-state index in [2.05, 4.69) is 6.92 Å². The van der Waals surface area contributed by atoms with Crippen molar-refractivity contribution >= 4 is 19.8 Å². The Bertz CT molecular complexity index is 780. The summed E-state index contributed by atoms with van der Waals surface area (Å²) in [6.07, 6.45) is 2.75. The maximum atomic E-state index is 12.1. The lowest BCUT2D eigenvalue weighted by Crippen LogP contribution is -2.37. The monoisotopic (exact) mass is 545 g/mol. The lowest BCUT2D eigenvalue weighted by Gasteiger charge is -2.28. The Balaban J connectivity index is 4.26. The molecule has 0 aliphatic carbocycles. The van der Waals surface area contributed by atoms with E-state index in [0.29, 0.717) is 30.3 Å². The predicted molar refractivity (Wildman–Crippen MR) is 139 cm³/mol. The van der Waals surface area contributed by atoms with Crippen molar-refractivity contribution in [1.82, 2.24) is 0 Å². The molecule has 0 aliphatic heterocycles. The molecule has 0 radical (unpaired) electrons. The number of esters is 2. The number of hydrogen-bond donors (Lipinski definition) is 0. The molecule has 0 saturated carbocycles. The van der Waals surface area contributed by atoms with Crippen LogP contribution in [0, 0.1) is 0 Å². The summed E-state index contributed by atoms with van der Waals surface area (Å²) in [5.41, 5.74) is 0. The molecule has 0 spiro atoms. The standard InChI is InChI=1S/C26H52NO8P/c1-6-7-8-9-10-11-12-13-14-15-16-17-18-19-26(29)32-22-25(35-24(2)28)23-34-36(30,31)33-21-20-27(3,4)5/h25H,6-23H2,1-5H3/t25-/m1/s1/i11T2,12T2. The van der Waals surface area contributed by atoms with Crippen LogP contribution in [0.15, 0.2) is 0 Å². The molecule has 0 amide bonds. The highest BCUT2D eigenvalue weighted by Crippen LogP contribution is 2.38. The van der Waals surface area contributed by atoms with E-state index in [1.807, 2.05) is 21.1 Å². The first-order valence-electron chi connectivity index (χ1n) is 15.1. The third-order valence-corrected chi connectivity index (χ3v) is 6.12. The van der Waals surface area contributed by atoms with Crippen LogP contribution in [0.3, 0.4) is 0 Å². The van der Waals surface area contributed by atoms with E-state index in [4.69, 9.17) is 24.0 Å². The molecule has 0 rings (SSSR count). The number of carbonyl (C=O) groups excluding carboxylic acids is 2. The highest BCUT2D eigenvalue weighted by molar-refractivity contribution is 7.45. The van der Waals surface area contributed by atoms with Crippen molar-refractivity contribution in [3.8, 4) is 0 Å². The molecule has 214 valence electrons. The van der Waals surface area contributed by atoms with Gasteiger partial charge in [-0.1, -0.05) is 83.9 Å². The maximum absolute atomic E-state index is 12.1. The molecule has 1 unspecified atom stereocenters. The summed E-state index contributed by atoms with van der Waals surface area (Å²) in [4.78, 5) is 35.4. The summed E-state index contributed by atoms with van der Waals surface area (Å²) >= 11 is 0. The molecule has 0 aromatic heterocycles. The molecule has 0 aromatic rings. The van der Waals surface area contributed by atoms with Gasteiger partial charge < -0.3 is 27.9 Å². The minimum atomic E-state index is -4.62. The normalized spacial score (nSPS) is 16.7. The van der Waals surface area contributed by atoms with E-state index in [1.165, 1.54) is 0 Å². The number of likely N-dealkylation sites (N-methyl/N-ethyl adjacent to an activating group) is 1. The summed E-state index contributed by atoms with van der Waals surface area (Å²) in [7, 11) is 1.02. The van der Waals surface area contributed by atoms with Crippen LogP contribution in [0.2, 0.25) is 0 Å². The second kappa shape index (κ2) is 21.0. The van der Waals surface area contributed by atoms with Gasteiger partial charge in [0.25, 0.3) is 7.82 Å². The van der Waals surface area contributed by atoms with Crippen LogP contribution in [0.4, 0.5) is 0 Å². The number of rotatable bonds is 24. The van der Waals surface area contributed by atoms with Gasteiger partial charge in [0.15, 0.2) is 6.10 Å². The summed E-state index contributed by atoms with van der Waals surface area (Å²) < 4.78 is 64.8. The lowest BCUT2D eigenvalue weighted by molar-refractivity contribution is -0.870. The van der Waals surface area contributed by atoms with E-state index < -0.39 is 45.2 Å². The highest BCUT2D eigenvalue weighted by Gasteiger charge is 2.20. The molecule has 0 heterocycles. The van der Waals surface area contributed by atoms with Gasteiger partial charge in [-0.05, 0) is 6.42 Å². The molecule has 0 aromatic carbocycles. The number of phosphoric acid groups is 1. The summed E-state index contributed by atoms with van der Waals surface area (Å²) in [6.45, 7) is 2.70. The average Bonchev–Trinajstić information content (AvgIpc) is 2.81. The van der Waals surface area contributed by atoms with Crippen LogP contribution in [-0.4, -0.2) is 70.0 Å². The van der Waals surface area contributed by atoms with Crippen LogP contribution in [0.25, 0.3) is 0 Å². The maximum Gasteiger partial charge on any atom is 0.305 e. The third-order valence-electron chi connectivity index (χ3n) is 5.16. The number of unbranched alkanes of at least 4 members (excludes halogenated alkanes) is 7. The van der Waals surface area contributed by atoms with Gasteiger partial charge in [-0.25, -0.2) is 0 Å². The fourth-order valence-electron chi connectivity index (χ4n) is 3.08. The number of phosphoric ester groups is 1. The van der Waals surface area contributed by atoms with Crippen molar-refractivity contribution in [3.05, 3.63) is 0 Å². The van der Waals surface area contributed by atoms with Crippen molar-refractivity contribution in [2.45, 2.75) is 110 Å². The molecule has 36 heavy (non-hydrogen) atoms. The van der Waals surface area contributed by atoms with Gasteiger partial charge in [-0.15, -0.1) is 0 Å². The number of quaternary nitrogens is 1. The zero-order valence-electron chi connectivity index (χ0n) is 27.1. The second-order valence-corrected chi connectivity index (χ2v) is 11.3. The minimum absolute atomic E-state index is 0.0705. The van der Waals surface area contributed by atoms with Gasteiger partial charge >= 0.3 is 11.9 Å². The molecular weight excluding hydrogens is 485 g/mol. The smallest absolute Gasteiger partial charge is 0.305 e. The molecule has 0 saturated heterocycles. The molecule has 9 nitrogen and oxygen atoms in total. The van der Waals surface area contributed by atoms with E-state index in [0.717, 1.165) is 45.4 Å². The Hall–Kier alpha value is -0.990. The van der Waals surface area contributed by atoms with Crippen LogP contribution < -0.4 is 4.89 Å². The molecule has 0 bridgehead atoms. The topological polar surface area (TPSA) is 111 Å². The Morgan fingerprint density at radius 1 is 0.889 bits per heavy atom. The van der Waals surface area contributed by atoms with Gasteiger partial charge in [-0.2, -0.15) is 0 Å². The fraction of sp³-hybridized carbons (Fsp3) is 0.923. The molecule has 0 fully saturated rings. The molecular formula is C26H52NO8P. The Kier molecular flexibility index (Phi) is 16.3. The largest absolute Gasteiger partial charge is 0.756 e. The predicted octanol–water partition coefficient (Wildman–Crippen LogP) is 5.15. The summed E-state index contributed by atoms with van der Waals surface area (Å²) in [6, 6.07) is 0. The minimum Gasteiger partial charge on any atom is -0.756 e. The number of ether oxygens (including phenoxy) is 2. The van der Waals surface area contributed by atoms with Crippen molar-refractivity contribution in [3.63, 3.8) is 0 Å². The first-order chi connectivity index (χ1) is 18.4. The second-order valence-electron chi connectivity index (χ2n) is 9.94. The SMILES string of the molecule is [3H]C([3H])(CCCCCC)C([3H])([3H])CCCCCCCC(=O)OC[C@H](COP(=O)([O-])OCC[N+](C)(C)C)OC(C)=O. The molecule has 10 heteroatoms. The fourth-order valence-corrected chi connectivity index (χ4v) is 3.81. The number of nitrogens with zero attached hydrogens (tertiary/aromatic N) is 1. The summed E-state index contributed by atoms with van der Waals surface area (Å²) in [5, 5.41) is 0. The highest BCUT2D eigenvalue weighted by atomic mass is 31.2. The quantitative estimate of drug-likeness (QED) is 0.0709. The van der Waals surface area contributed by atoms with Crippen molar-refractivity contribution in [2.24, 2.45) is 0 Å². The van der Waals surface area contributed by atoms with E-state index in [1.54, 1.807) is 0 Å². The number of carbonyl (C=O) groups is 2. The van der Waals surface area contributed by atoms with Crippen LogP contribution in [-0.2, 0) is 32.7 Å². The molecule has 2 atom stereocenters.